The topological polar surface area (TPSA) is 388 Å². The van der Waals surface area contributed by atoms with E-state index in [4.69, 9.17) is 37.9 Å². The first-order chi connectivity index (χ1) is 45.0. The highest BCUT2D eigenvalue weighted by Crippen LogP contribution is 2.27. The van der Waals surface area contributed by atoms with Crippen molar-refractivity contribution in [2.45, 2.75) is 263 Å². The van der Waals surface area contributed by atoms with Crippen LogP contribution >= 0.6 is 0 Å². The molecule has 8 amide bonds. The first kappa shape index (κ1) is 87.5. The van der Waals surface area contributed by atoms with E-state index in [-0.39, 0.29) is 73.7 Å². The molecule has 12 atom stereocenters. The lowest BCUT2D eigenvalue weighted by atomic mass is 10.0. The number of carbonyl (C=O) groups is 12. The maximum absolute atomic E-state index is 12.3. The Morgan fingerprint density at radius 3 is 0.573 bits per heavy atom. The molecule has 0 radical (unpaired) electrons. The van der Waals surface area contributed by atoms with E-state index in [1.165, 1.54) is 0 Å². The van der Waals surface area contributed by atoms with Crippen LogP contribution < -0.4 is 42.5 Å². The van der Waals surface area contributed by atoms with Gasteiger partial charge in [-0.15, -0.1) is 0 Å². The fourth-order valence-electron chi connectivity index (χ4n) is 9.12. The highest BCUT2D eigenvalue weighted by molar-refractivity contribution is 5.98. The van der Waals surface area contributed by atoms with Crippen LogP contribution in [-0.2, 0) is 95.4 Å². The molecule has 552 valence electrons. The Morgan fingerprint density at radius 1 is 0.271 bits per heavy atom. The number of hydrogen-bond acceptors (Lipinski definition) is 20. The molecule has 8 N–H and O–H groups in total. The van der Waals surface area contributed by atoms with Crippen LogP contribution in [0, 0.1) is 47.3 Å². The molecule has 0 bridgehead atoms. The smallest absolute Gasteiger partial charge is 0.338 e. The number of esters is 4. The number of amides is 8. The van der Waals surface area contributed by atoms with Gasteiger partial charge in [-0.25, -0.2) is 19.2 Å². The molecule has 0 aliphatic carbocycles. The molecule has 0 spiro atoms. The molecule has 4 fully saturated rings. The fraction of sp³-hybridized carbons (Fsp3) is 0.824. The van der Waals surface area contributed by atoms with Gasteiger partial charge in [-0.05, 0) is 126 Å². The third kappa shape index (κ3) is 36.7. The molecule has 28 nitrogen and oxygen atoms in total. The van der Waals surface area contributed by atoms with E-state index >= 15 is 0 Å². The Hall–Kier alpha value is -6.52. The van der Waals surface area contributed by atoms with Gasteiger partial charge < -0.3 is 80.4 Å². The molecule has 0 aromatic heterocycles. The van der Waals surface area contributed by atoms with Gasteiger partial charge in [0.1, 0.15) is 24.2 Å². The SMILES string of the molecule is CCOC(=O)[C@H]1O[C@@H]1C(=O)N[C@@H](CC(C)C)C(=O)NCCC(C)C.CCOC(=O)[C@H]1O[C@@H]1C(=O)N[C@@H](CC(C)C)C(=O)NCCC(C)C.CCOC(=O)[C@H]1O[C@@H]1C(=O)N[C@@H](CC(C)C)C(=O)NCCC(C)C.CCOC(=O)[C@H]1O[C@@H]1C(=O)N[C@@H](CC(C)C)C(=O)NCCC(C)C. The average Bonchev–Trinajstić information content (AvgIpc) is 1.69. The molecule has 0 saturated carbocycles. The molecular weight excluding hydrogens is 1250 g/mol. The molecule has 28 heteroatoms. The van der Waals surface area contributed by atoms with Crippen LogP contribution in [0.4, 0.5) is 0 Å². The summed E-state index contributed by atoms with van der Waals surface area (Å²) in [5, 5.41) is 22.2. The molecule has 0 unspecified atom stereocenters. The van der Waals surface area contributed by atoms with Gasteiger partial charge in [0.25, 0.3) is 23.6 Å². The molecular formula is C68H120N8O20. The van der Waals surface area contributed by atoms with Gasteiger partial charge in [-0.2, -0.15) is 0 Å². The van der Waals surface area contributed by atoms with Crippen molar-refractivity contribution in [2.24, 2.45) is 47.3 Å². The maximum atomic E-state index is 12.3. The molecule has 4 heterocycles. The number of epoxide rings is 4. The minimum atomic E-state index is -0.859. The minimum absolute atomic E-state index is 0.203. The Bertz CT molecular complexity index is 2130. The second kappa shape index (κ2) is 45.9. The minimum Gasteiger partial charge on any atom is -0.464 e. The Morgan fingerprint density at radius 2 is 0.438 bits per heavy atom. The summed E-state index contributed by atoms with van der Waals surface area (Å²) in [5.74, 6) is -1.82. The van der Waals surface area contributed by atoms with Gasteiger partial charge in [0, 0.05) is 26.2 Å². The second-order valence-electron chi connectivity index (χ2n) is 27.6. The third-order valence-corrected chi connectivity index (χ3v) is 14.5. The predicted molar refractivity (Wildman–Crippen MR) is 357 cm³/mol. The standard InChI is InChI=1S/4C17H30N2O5/c4*1-6-23-17(22)14-13(24-14)16(21)19-12(9-11(4)5)15(20)18-8-7-10(2)3/h4*10-14H,6-9H2,1-5H3,(H,18,20)(H,19,21)/t4*12-,13-,14-/m0000/s1. The lowest BCUT2D eigenvalue weighted by Crippen LogP contribution is -2.49. The summed E-state index contributed by atoms with van der Waals surface area (Å²) < 4.78 is 39.6. The van der Waals surface area contributed by atoms with Crippen molar-refractivity contribution in [3.8, 4) is 0 Å². The van der Waals surface area contributed by atoms with E-state index in [0.29, 0.717) is 75.5 Å². The summed E-state index contributed by atoms with van der Waals surface area (Å²) in [6.07, 6.45) is -1.23. The molecule has 4 aliphatic heterocycles. The molecule has 4 rings (SSSR count). The third-order valence-electron chi connectivity index (χ3n) is 14.5. The number of nitrogens with one attached hydrogen (secondary N) is 8. The monoisotopic (exact) mass is 1370 g/mol. The number of rotatable bonds is 40. The van der Waals surface area contributed by atoms with Crippen LogP contribution in [0.1, 0.15) is 190 Å². The molecule has 0 aromatic rings. The molecule has 4 saturated heterocycles. The van der Waals surface area contributed by atoms with Crippen LogP contribution in [0.3, 0.4) is 0 Å². The largest absolute Gasteiger partial charge is 0.464 e. The van der Waals surface area contributed by atoms with E-state index in [0.717, 1.165) is 25.7 Å². The second-order valence-corrected chi connectivity index (χ2v) is 27.6. The highest BCUT2D eigenvalue weighted by Gasteiger charge is 2.55. The predicted octanol–water partition coefficient (Wildman–Crippen LogP) is 4.04. The van der Waals surface area contributed by atoms with Gasteiger partial charge in [-0.3, -0.25) is 38.4 Å². The first-order valence-corrected chi connectivity index (χ1v) is 34.6. The number of ether oxygens (including phenoxy) is 8. The highest BCUT2D eigenvalue weighted by atomic mass is 16.7. The number of hydrogen-bond donors (Lipinski definition) is 8. The van der Waals surface area contributed by atoms with Crippen LogP contribution in [0.25, 0.3) is 0 Å². The van der Waals surface area contributed by atoms with E-state index in [1.54, 1.807) is 27.7 Å². The molecule has 0 aromatic carbocycles. The Labute approximate surface area is 569 Å². The Kier molecular flexibility index (Phi) is 41.8. The summed E-state index contributed by atoms with van der Waals surface area (Å²) in [5.41, 5.74) is 0. The van der Waals surface area contributed by atoms with Crippen molar-refractivity contribution in [1.82, 2.24) is 42.5 Å². The van der Waals surface area contributed by atoms with Crippen molar-refractivity contribution in [2.75, 3.05) is 52.6 Å². The van der Waals surface area contributed by atoms with Gasteiger partial charge in [0.2, 0.25) is 23.6 Å². The van der Waals surface area contributed by atoms with Gasteiger partial charge >= 0.3 is 23.9 Å². The maximum Gasteiger partial charge on any atom is 0.338 e. The summed E-state index contributed by atoms with van der Waals surface area (Å²) in [6, 6.07) is -2.51. The lowest BCUT2D eigenvalue weighted by molar-refractivity contribution is -0.145. The number of carbonyl (C=O) groups excluding carboxylic acids is 12. The zero-order valence-corrected chi connectivity index (χ0v) is 61.0. The van der Waals surface area contributed by atoms with Gasteiger partial charge in [-0.1, -0.05) is 111 Å². The van der Waals surface area contributed by atoms with Crippen LogP contribution in [0.15, 0.2) is 0 Å². The van der Waals surface area contributed by atoms with E-state index in [9.17, 15) is 57.5 Å². The van der Waals surface area contributed by atoms with E-state index in [1.807, 2.05) is 55.4 Å². The molecule has 96 heavy (non-hydrogen) atoms. The van der Waals surface area contributed by atoms with Crippen molar-refractivity contribution in [3.05, 3.63) is 0 Å². The zero-order valence-electron chi connectivity index (χ0n) is 61.0. The summed E-state index contributed by atoms with van der Waals surface area (Å²) in [4.78, 5) is 144. The van der Waals surface area contributed by atoms with Gasteiger partial charge in [0.15, 0.2) is 48.8 Å². The van der Waals surface area contributed by atoms with Crippen molar-refractivity contribution < 1.29 is 95.4 Å². The van der Waals surface area contributed by atoms with E-state index < -0.39 is 121 Å². The van der Waals surface area contributed by atoms with Crippen LogP contribution in [0.2, 0.25) is 0 Å². The lowest BCUT2D eigenvalue weighted by Gasteiger charge is -2.20. The van der Waals surface area contributed by atoms with E-state index in [2.05, 4.69) is 97.9 Å². The fourth-order valence-corrected chi connectivity index (χ4v) is 9.12. The summed E-state index contributed by atoms with van der Waals surface area (Å²) in [7, 11) is 0. The van der Waals surface area contributed by atoms with Crippen molar-refractivity contribution in [3.63, 3.8) is 0 Å². The first-order valence-electron chi connectivity index (χ1n) is 34.6. The van der Waals surface area contributed by atoms with Gasteiger partial charge in [0.05, 0.1) is 26.4 Å². The Balaban J connectivity index is 0.000000640. The normalized spacial score (nSPS) is 20.6. The van der Waals surface area contributed by atoms with Crippen molar-refractivity contribution in [1.29, 1.82) is 0 Å². The quantitative estimate of drug-likeness (QED) is 0.0244. The van der Waals surface area contributed by atoms with Crippen LogP contribution in [-0.4, -0.2) is 197 Å². The zero-order chi connectivity index (χ0) is 73.1. The summed E-state index contributed by atoms with van der Waals surface area (Å²) >= 11 is 0. The summed E-state index contributed by atoms with van der Waals surface area (Å²) in [6.45, 7) is 42.5. The van der Waals surface area contributed by atoms with Crippen LogP contribution in [0.5, 0.6) is 0 Å². The van der Waals surface area contributed by atoms with Crippen molar-refractivity contribution >= 4 is 71.1 Å². The molecule has 4 aliphatic rings. The average molecular weight is 1370 g/mol.